The van der Waals surface area contributed by atoms with Crippen LogP contribution in [0.4, 0.5) is 0 Å². The Labute approximate surface area is 152 Å². The molecule has 2 aromatic rings. The van der Waals surface area contributed by atoms with Gasteiger partial charge in [0.25, 0.3) is 11.8 Å². The van der Waals surface area contributed by atoms with Gasteiger partial charge >= 0.3 is 0 Å². The fourth-order valence-corrected chi connectivity index (χ4v) is 2.96. The van der Waals surface area contributed by atoms with Crippen LogP contribution in [0, 0.1) is 0 Å². The number of halogens is 1. The maximum absolute atomic E-state index is 12.5. The fourth-order valence-electron chi connectivity index (χ4n) is 2.83. The Bertz CT molecular complexity index is 756. The molecule has 1 fully saturated rings. The number of carbonyl (C=O) groups excluding carboxylic acids is 2. The third kappa shape index (κ3) is 4.57. The van der Waals surface area contributed by atoms with Crippen LogP contribution in [-0.2, 0) is 6.54 Å². The summed E-state index contributed by atoms with van der Waals surface area (Å²) in [7, 11) is 0. The second-order valence-corrected chi connectivity index (χ2v) is 6.53. The van der Waals surface area contributed by atoms with E-state index in [1.165, 1.54) is 6.20 Å². The summed E-state index contributed by atoms with van der Waals surface area (Å²) in [5.74, 6) is -0.336. The second kappa shape index (κ2) is 8.12. The van der Waals surface area contributed by atoms with Gasteiger partial charge in [0.2, 0.25) is 0 Å². The van der Waals surface area contributed by atoms with Crippen LogP contribution in [0.1, 0.15) is 45.7 Å². The molecule has 1 aromatic carbocycles. The van der Waals surface area contributed by atoms with Gasteiger partial charge in [-0.15, -0.1) is 0 Å². The Morgan fingerprint density at radius 3 is 2.52 bits per heavy atom. The van der Waals surface area contributed by atoms with Gasteiger partial charge in [0, 0.05) is 36.4 Å². The van der Waals surface area contributed by atoms with E-state index in [1.807, 2.05) is 12.1 Å². The van der Waals surface area contributed by atoms with E-state index in [9.17, 15) is 9.59 Å². The highest BCUT2D eigenvalue weighted by molar-refractivity contribution is 6.30. The van der Waals surface area contributed by atoms with Gasteiger partial charge < -0.3 is 10.2 Å². The molecule has 25 heavy (non-hydrogen) atoms. The summed E-state index contributed by atoms with van der Waals surface area (Å²) in [6.07, 6.45) is 4.71. The molecule has 3 rings (SSSR count). The summed E-state index contributed by atoms with van der Waals surface area (Å²) < 4.78 is 0. The molecule has 1 aliphatic rings. The molecule has 6 heteroatoms. The normalized spacial score (nSPS) is 14.2. The van der Waals surface area contributed by atoms with Crippen molar-refractivity contribution >= 4 is 23.4 Å². The van der Waals surface area contributed by atoms with Crippen LogP contribution >= 0.6 is 11.6 Å². The number of nitrogens with zero attached hydrogens (tertiary/aromatic N) is 2. The molecule has 5 nitrogen and oxygen atoms in total. The zero-order valence-electron chi connectivity index (χ0n) is 13.9. The number of rotatable bonds is 4. The molecule has 0 radical (unpaired) electrons. The second-order valence-electron chi connectivity index (χ2n) is 6.09. The monoisotopic (exact) mass is 357 g/mol. The number of aromatic nitrogens is 1. The molecule has 1 aliphatic heterocycles. The van der Waals surface area contributed by atoms with Crippen LogP contribution in [0.5, 0.6) is 0 Å². The van der Waals surface area contributed by atoms with Crippen LogP contribution in [0.2, 0.25) is 5.02 Å². The minimum Gasteiger partial charge on any atom is -0.348 e. The van der Waals surface area contributed by atoms with Gasteiger partial charge in [-0.3, -0.25) is 14.6 Å². The van der Waals surface area contributed by atoms with Crippen LogP contribution in [-0.4, -0.2) is 34.8 Å². The zero-order chi connectivity index (χ0) is 17.6. The van der Waals surface area contributed by atoms with Gasteiger partial charge in [0.1, 0.15) is 5.69 Å². The first-order valence-electron chi connectivity index (χ1n) is 8.41. The number of amides is 2. The summed E-state index contributed by atoms with van der Waals surface area (Å²) in [6.45, 7) is 1.91. The van der Waals surface area contributed by atoms with Gasteiger partial charge in [-0.25, -0.2) is 0 Å². The first-order valence-corrected chi connectivity index (χ1v) is 8.79. The smallest absolute Gasteiger partial charge is 0.272 e. The Kier molecular flexibility index (Phi) is 5.66. The standard InChI is InChI=1S/C19H20ClN3O2/c20-16-6-4-14(5-7-16)13-22-18(24)15-8-9-21-17(12-15)19(25)23-10-2-1-3-11-23/h4-9,12H,1-3,10-11,13H2,(H,22,24). The lowest BCUT2D eigenvalue weighted by atomic mass is 10.1. The van der Waals surface area contributed by atoms with Crippen molar-refractivity contribution in [3.8, 4) is 0 Å². The van der Waals surface area contributed by atoms with E-state index in [1.54, 1.807) is 29.2 Å². The van der Waals surface area contributed by atoms with Crippen LogP contribution < -0.4 is 5.32 Å². The summed E-state index contributed by atoms with van der Waals surface area (Å²) in [5.41, 5.74) is 1.71. The lowest BCUT2D eigenvalue weighted by Gasteiger charge is -2.26. The van der Waals surface area contributed by atoms with E-state index < -0.39 is 0 Å². The summed E-state index contributed by atoms with van der Waals surface area (Å²) >= 11 is 5.85. The van der Waals surface area contributed by atoms with Gasteiger partial charge in [0.05, 0.1) is 0 Å². The van der Waals surface area contributed by atoms with E-state index in [-0.39, 0.29) is 11.8 Å². The van der Waals surface area contributed by atoms with E-state index in [0.717, 1.165) is 37.9 Å². The summed E-state index contributed by atoms with van der Waals surface area (Å²) in [4.78, 5) is 30.8. The average Bonchev–Trinajstić information content (AvgIpc) is 2.67. The number of hydrogen-bond acceptors (Lipinski definition) is 3. The van der Waals surface area contributed by atoms with Crippen LogP contribution in [0.25, 0.3) is 0 Å². The Morgan fingerprint density at radius 2 is 1.80 bits per heavy atom. The van der Waals surface area contributed by atoms with Crippen molar-refractivity contribution in [3.05, 3.63) is 64.4 Å². The molecule has 0 bridgehead atoms. The van der Waals surface area contributed by atoms with Gasteiger partial charge in [-0.2, -0.15) is 0 Å². The molecule has 1 N–H and O–H groups in total. The van der Waals surface area contributed by atoms with E-state index >= 15 is 0 Å². The highest BCUT2D eigenvalue weighted by Gasteiger charge is 2.20. The third-order valence-corrected chi connectivity index (χ3v) is 4.50. The van der Waals surface area contributed by atoms with Gasteiger partial charge in [-0.05, 0) is 49.1 Å². The Hall–Kier alpha value is -2.40. The average molecular weight is 358 g/mol. The molecule has 0 spiro atoms. The Morgan fingerprint density at radius 1 is 1.08 bits per heavy atom. The highest BCUT2D eigenvalue weighted by atomic mass is 35.5. The number of likely N-dealkylation sites (tertiary alicyclic amines) is 1. The molecule has 0 saturated carbocycles. The SMILES string of the molecule is O=C(NCc1ccc(Cl)cc1)c1ccnc(C(=O)N2CCCCC2)c1. The lowest BCUT2D eigenvalue weighted by Crippen LogP contribution is -2.36. The van der Waals surface area contributed by atoms with Gasteiger partial charge in [0.15, 0.2) is 0 Å². The van der Waals surface area contributed by atoms with Crippen molar-refractivity contribution in [2.24, 2.45) is 0 Å². The fraction of sp³-hybridized carbons (Fsp3) is 0.316. The predicted octanol–water partition coefficient (Wildman–Crippen LogP) is 3.29. The van der Waals surface area contributed by atoms with E-state index in [0.29, 0.717) is 22.8 Å². The van der Waals surface area contributed by atoms with Crippen LogP contribution in [0.3, 0.4) is 0 Å². The van der Waals surface area contributed by atoms with E-state index in [4.69, 9.17) is 11.6 Å². The molecule has 0 aliphatic carbocycles. The molecule has 2 heterocycles. The maximum atomic E-state index is 12.5. The Balaban J connectivity index is 1.64. The summed E-state index contributed by atoms with van der Waals surface area (Å²) in [6, 6.07) is 10.5. The molecule has 130 valence electrons. The minimum atomic E-state index is -0.231. The van der Waals surface area contributed by atoms with Crippen molar-refractivity contribution in [2.75, 3.05) is 13.1 Å². The number of benzene rings is 1. The number of carbonyl (C=O) groups is 2. The highest BCUT2D eigenvalue weighted by Crippen LogP contribution is 2.13. The lowest BCUT2D eigenvalue weighted by molar-refractivity contribution is 0.0718. The number of hydrogen-bond donors (Lipinski definition) is 1. The number of pyridine rings is 1. The third-order valence-electron chi connectivity index (χ3n) is 4.25. The molecular weight excluding hydrogens is 338 g/mol. The molecule has 2 amide bonds. The van der Waals surface area contributed by atoms with Crippen LogP contribution in [0.15, 0.2) is 42.6 Å². The van der Waals surface area contributed by atoms with Crippen molar-refractivity contribution in [1.29, 1.82) is 0 Å². The first-order chi connectivity index (χ1) is 12.1. The number of nitrogens with one attached hydrogen (secondary N) is 1. The van der Waals surface area contributed by atoms with Crippen molar-refractivity contribution in [1.82, 2.24) is 15.2 Å². The number of piperidine rings is 1. The molecule has 1 saturated heterocycles. The van der Waals surface area contributed by atoms with Crippen molar-refractivity contribution < 1.29 is 9.59 Å². The van der Waals surface area contributed by atoms with Crippen molar-refractivity contribution in [3.63, 3.8) is 0 Å². The maximum Gasteiger partial charge on any atom is 0.272 e. The summed E-state index contributed by atoms with van der Waals surface area (Å²) in [5, 5.41) is 3.50. The molecule has 0 unspecified atom stereocenters. The van der Waals surface area contributed by atoms with E-state index in [2.05, 4.69) is 10.3 Å². The molecule has 1 aromatic heterocycles. The largest absolute Gasteiger partial charge is 0.348 e. The first kappa shape index (κ1) is 17.4. The zero-order valence-corrected chi connectivity index (χ0v) is 14.6. The topological polar surface area (TPSA) is 62.3 Å². The molecular formula is C19H20ClN3O2. The predicted molar refractivity (Wildman–Crippen MR) is 96.6 cm³/mol. The molecule has 0 atom stereocenters. The van der Waals surface area contributed by atoms with Gasteiger partial charge in [-0.1, -0.05) is 23.7 Å². The van der Waals surface area contributed by atoms with Crippen molar-refractivity contribution in [2.45, 2.75) is 25.8 Å². The minimum absolute atomic E-state index is 0.105. The quantitative estimate of drug-likeness (QED) is 0.913.